The lowest BCUT2D eigenvalue weighted by atomic mass is 9.54. The molecule has 2 aliphatic carbocycles. The molecular formula is C16H25ClN4O. The fraction of sp³-hybridized carbons (Fsp3) is 0.750. The highest BCUT2D eigenvalue weighted by Gasteiger charge is 2.57. The van der Waals surface area contributed by atoms with Crippen molar-refractivity contribution in [2.45, 2.75) is 57.6 Å². The minimum atomic E-state index is 0.229. The zero-order valence-electron chi connectivity index (χ0n) is 13.4. The van der Waals surface area contributed by atoms with Gasteiger partial charge in [-0.1, -0.05) is 30.9 Å². The summed E-state index contributed by atoms with van der Waals surface area (Å²) in [4.78, 5) is 10.5. The maximum atomic E-state index is 6.03. The van der Waals surface area contributed by atoms with Gasteiger partial charge in [0.15, 0.2) is 0 Å². The lowest BCUT2D eigenvalue weighted by Gasteiger charge is -2.60. The van der Waals surface area contributed by atoms with Gasteiger partial charge < -0.3 is 15.4 Å². The third-order valence-electron chi connectivity index (χ3n) is 5.42. The summed E-state index contributed by atoms with van der Waals surface area (Å²) >= 11 is 6.03. The van der Waals surface area contributed by atoms with Crippen LogP contribution in [0.1, 0.15) is 45.4 Å². The molecule has 0 radical (unpaired) electrons. The molecule has 2 fully saturated rings. The molecular weight excluding hydrogens is 300 g/mol. The van der Waals surface area contributed by atoms with Crippen molar-refractivity contribution in [1.29, 1.82) is 0 Å². The summed E-state index contributed by atoms with van der Waals surface area (Å²) in [6, 6.07) is 2.23. The monoisotopic (exact) mass is 324 g/mol. The summed E-state index contributed by atoms with van der Waals surface area (Å²) in [7, 11) is 2.08. The first-order chi connectivity index (χ1) is 10.6. The molecule has 2 saturated carbocycles. The van der Waals surface area contributed by atoms with Gasteiger partial charge in [-0.3, -0.25) is 0 Å². The molecule has 0 amide bonds. The first-order valence-corrected chi connectivity index (χ1v) is 8.59. The van der Waals surface area contributed by atoms with E-state index in [9.17, 15) is 0 Å². The molecule has 1 heterocycles. The second-order valence-corrected chi connectivity index (χ2v) is 6.89. The van der Waals surface area contributed by atoms with Crippen LogP contribution in [0.2, 0.25) is 5.15 Å². The number of nitrogen functional groups attached to an aromatic ring is 1. The van der Waals surface area contributed by atoms with Crippen LogP contribution in [0.3, 0.4) is 0 Å². The average Bonchev–Trinajstić information content (AvgIpc) is 2.50. The highest BCUT2D eigenvalue weighted by atomic mass is 35.5. The van der Waals surface area contributed by atoms with Gasteiger partial charge in [-0.25, -0.2) is 4.98 Å². The first kappa shape index (κ1) is 15.8. The maximum absolute atomic E-state index is 6.03. The van der Waals surface area contributed by atoms with E-state index in [0.717, 1.165) is 18.8 Å². The molecule has 2 aliphatic rings. The van der Waals surface area contributed by atoms with Gasteiger partial charge in [0.1, 0.15) is 11.0 Å². The molecule has 1 aromatic heterocycles. The Labute approximate surface area is 137 Å². The van der Waals surface area contributed by atoms with Gasteiger partial charge in [0, 0.05) is 31.2 Å². The van der Waals surface area contributed by atoms with Crippen molar-refractivity contribution in [3.05, 3.63) is 11.2 Å². The Bertz CT molecular complexity index is 513. The molecule has 3 rings (SSSR count). The Morgan fingerprint density at radius 1 is 1.36 bits per heavy atom. The number of halogens is 1. The normalized spacial score (nSPS) is 26.7. The van der Waals surface area contributed by atoms with Crippen molar-refractivity contribution in [3.8, 4) is 0 Å². The Morgan fingerprint density at radius 2 is 2.09 bits per heavy atom. The van der Waals surface area contributed by atoms with Crippen LogP contribution in [0.25, 0.3) is 0 Å². The van der Waals surface area contributed by atoms with Crippen LogP contribution >= 0.6 is 11.6 Å². The Kier molecular flexibility index (Phi) is 4.46. The van der Waals surface area contributed by atoms with E-state index in [1.807, 2.05) is 0 Å². The van der Waals surface area contributed by atoms with E-state index < -0.39 is 0 Å². The van der Waals surface area contributed by atoms with Crippen molar-refractivity contribution in [2.75, 3.05) is 24.3 Å². The summed E-state index contributed by atoms with van der Waals surface area (Å²) in [5.74, 6) is 1.04. The quantitative estimate of drug-likeness (QED) is 0.861. The van der Waals surface area contributed by atoms with Gasteiger partial charge in [0.2, 0.25) is 5.95 Å². The van der Waals surface area contributed by atoms with E-state index >= 15 is 0 Å². The Hall–Kier alpha value is -1.07. The van der Waals surface area contributed by atoms with Crippen molar-refractivity contribution >= 4 is 23.4 Å². The predicted molar refractivity (Wildman–Crippen MR) is 89.2 cm³/mol. The van der Waals surface area contributed by atoms with Gasteiger partial charge in [-0.15, -0.1) is 0 Å². The highest BCUT2D eigenvalue weighted by molar-refractivity contribution is 6.29. The van der Waals surface area contributed by atoms with E-state index in [4.69, 9.17) is 22.1 Å². The zero-order valence-corrected chi connectivity index (χ0v) is 14.1. The molecule has 1 aromatic rings. The van der Waals surface area contributed by atoms with E-state index in [-0.39, 0.29) is 11.4 Å². The molecule has 2 unspecified atom stereocenters. The molecule has 22 heavy (non-hydrogen) atoms. The molecule has 1 spiro atoms. The lowest BCUT2D eigenvalue weighted by Crippen LogP contribution is -2.65. The number of nitrogens with two attached hydrogens (primary N) is 1. The van der Waals surface area contributed by atoms with Crippen LogP contribution < -0.4 is 10.6 Å². The van der Waals surface area contributed by atoms with Crippen molar-refractivity contribution in [3.63, 3.8) is 0 Å². The number of anilines is 2. The fourth-order valence-electron chi connectivity index (χ4n) is 4.33. The lowest BCUT2D eigenvalue weighted by molar-refractivity contribution is -0.141. The number of hydrogen-bond donors (Lipinski definition) is 1. The fourth-order valence-corrected chi connectivity index (χ4v) is 4.52. The minimum absolute atomic E-state index is 0.229. The van der Waals surface area contributed by atoms with Gasteiger partial charge in [-0.2, -0.15) is 4.98 Å². The number of rotatable bonds is 4. The summed E-state index contributed by atoms with van der Waals surface area (Å²) in [6.07, 6.45) is 7.82. The first-order valence-electron chi connectivity index (χ1n) is 8.21. The zero-order chi connectivity index (χ0) is 15.7. The molecule has 122 valence electrons. The standard InChI is InChI=1S/C16H25ClN4O/c1-3-22-12-9-11(16(12)7-5-4-6-8-16)21(2)14-10-13(17)19-15(18)20-14/h10-12H,3-9H2,1-2H3,(H2,18,19,20). The maximum Gasteiger partial charge on any atom is 0.223 e. The second kappa shape index (κ2) is 6.20. The predicted octanol–water partition coefficient (Wildman–Crippen LogP) is 3.28. The molecule has 0 aromatic carbocycles. The average molecular weight is 325 g/mol. The minimum Gasteiger partial charge on any atom is -0.378 e. The van der Waals surface area contributed by atoms with Crippen LogP contribution in [0, 0.1) is 5.41 Å². The molecule has 0 saturated heterocycles. The third-order valence-corrected chi connectivity index (χ3v) is 5.62. The van der Waals surface area contributed by atoms with E-state index in [2.05, 4.69) is 28.8 Å². The van der Waals surface area contributed by atoms with Crippen LogP contribution in [0.15, 0.2) is 6.07 Å². The number of aromatic nitrogens is 2. The molecule has 2 atom stereocenters. The third kappa shape index (κ3) is 2.65. The van der Waals surface area contributed by atoms with Gasteiger partial charge in [-0.05, 0) is 26.2 Å². The molecule has 5 nitrogen and oxygen atoms in total. The number of hydrogen-bond acceptors (Lipinski definition) is 5. The van der Waals surface area contributed by atoms with Crippen LogP contribution in [0.5, 0.6) is 0 Å². The van der Waals surface area contributed by atoms with Crippen LogP contribution in [0.4, 0.5) is 11.8 Å². The van der Waals surface area contributed by atoms with Crippen molar-refractivity contribution in [2.24, 2.45) is 5.41 Å². The summed E-state index contributed by atoms with van der Waals surface area (Å²) in [6.45, 7) is 2.87. The second-order valence-electron chi connectivity index (χ2n) is 6.51. The molecule has 6 heteroatoms. The summed E-state index contributed by atoms with van der Waals surface area (Å²) in [5.41, 5.74) is 6.00. The van der Waals surface area contributed by atoms with Gasteiger partial charge in [0.05, 0.1) is 6.10 Å². The number of nitrogens with zero attached hydrogens (tertiary/aromatic N) is 3. The molecule has 0 bridgehead atoms. The Morgan fingerprint density at radius 3 is 2.73 bits per heavy atom. The van der Waals surface area contributed by atoms with E-state index in [1.165, 1.54) is 32.1 Å². The van der Waals surface area contributed by atoms with E-state index in [1.54, 1.807) is 6.07 Å². The van der Waals surface area contributed by atoms with Crippen LogP contribution in [-0.2, 0) is 4.74 Å². The van der Waals surface area contributed by atoms with Crippen molar-refractivity contribution < 1.29 is 4.74 Å². The Balaban J connectivity index is 1.83. The molecule has 2 N–H and O–H groups in total. The van der Waals surface area contributed by atoms with Crippen LogP contribution in [-0.4, -0.2) is 35.8 Å². The van der Waals surface area contributed by atoms with Gasteiger partial charge in [0.25, 0.3) is 0 Å². The van der Waals surface area contributed by atoms with Gasteiger partial charge >= 0.3 is 0 Å². The topological polar surface area (TPSA) is 64.3 Å². The van der Waals surface area contributed by atoms with E-state index in [0.29, 0.717) is 17.3 Å². The molecule has 0 aliphatic heterocycles. The highest BCUT2D eigenvalue weighted by Crippen LogP contribution is 2.55. The largest absolute Gasteiger partial charge is 0.378 e. The van der Waals surface area contributed by atoms with Crippen molar-refractivity contribution in [1.82, 2.24) is 9.97 Å². The summed E-state index contributed by atoms with van der Waals surface area (Å²) in [5, 5.41) is 0.396. The summed E-state index contributed by atoms with van der Waals surface area (Å²) < 4.78 is 6.02. The smallest absolute Gasteiger partial charge is 0.223 e. The number of ether oxygens (including phenoxy) is 1. The SMILES string of the molecule is CCOC1CC(N(C)c2cc(Cl)nc(N)n2)C12CCCCC2.